The molecule has 2 saturated heterocycles. The van der Waals surface area contributed by atoms with E-state index in [0.717, 1.165) is 42.9 Å². The summed E-state index contributed by atoms with van der Waals surface area (Å²) in [5.74, 6) is 3.92. The number of carbonyl (C=O) groups excluding carboxylic acids is 1. The van der Waals surface area contributed by atoms with Gasteiger partial charge >= 0.3 is 0 Å². The standard InChI is InChI=1S/C27H38N2O2/c1-31-25-8-3-2-5-21(25)17-29-23-6-4-7-24(29)13-22(12-23)28-26(30)27-14-18-9-19(15-27)11-20(10-18)16-27/h2-3,5,8,18-20,22-24H,4,6-7,9-17H2,1H3,(H,28,30)/t18?,19?,20?,23-,24-,27?/m0/s1. The highest BCUT2D eigenvalue weighted by atomic mass is 16.5. The topological polar surface area (TPSA) is 41.6 Å². The molecule has 1 amide bonds. The van der Waals surface area contributed by atoms with E-state index in [1.807, 2.05) is 0 Å². The largest absolute Gasteiger partial charge is 0.496 e. The molecule has 168 valence electrons. The summed E-state index contributed by atoms with van der Waals surface area (Å²) in [6, 6.07) is 9.98. The van der Waals surface area contributed by atoms with Crippen LogP contribution in [0, 0.1) is 23.2 Å². The minimum atomic E-state index is -0.0155. The highest BCUT2D eigenvalue weighted by Crippen LogP contribution is 2.60. The summed E-state index contributed by atoms with van der Waals surface area (Å²) in [5, 5.41) is 3.62. The van der Waals surface area contributed by atoms with E-state index in [-0.39, 0.29) is 5.41 Å². The van der Waals surface area contributed by atoms with Crippen LogP contribution in [0.3, 0.4) is 0 Å². The van der Waals surface area contributed by atoms with Crippen LogP contribution in [-0.4, -0.2) is 36.0 Å². The quantitative estimate of drug-likeness (QED) is 0.733. The maximum atomic E-state index is 13.6. The second-order valence-corrected chi connectivity index (χ2v) is 11.6. The van der Waals surface area contributed by atoms with Gasteiger partial charge in [0, 0.05) is 35.6 Å². The number of hydrogen-bond acceptors (Lipinski definition) is 3. The Morgan fingerprint density at radius 2 is 1.61 bits per heavy atom. The molecule has 1 aromatic rings. The summed E-state index contributed by atoms with van der Waals surface area (Å²) in [6.07, 6.45) is 13.8. The number of para-hydroxylation sites is 1. The number of nitrogens with one attached hydrogen (secondary N) is 1. The molecule has 7 rings (SSSR count). The van der Waals surface area contributed by atoms with Gasteiger partial charge in [-0.1, -0.05) is 24.6 Å². The normalized spacial score (nSPS) is 41.2. The van der Waals surface area contributed by atoms with Gasteiger partial charge in [-0.3, -0.25) is 9.69 Å². The summed E-state index contributed by atoms with van der Waals surface area (Å²) in [6.45, 7) is 0.967. The molecule has 4 heteroatoms. The summed E-state index contributed by atoms with van der Waals surface area (Å²) < 4.78 is 5.62. The Morgan fingerprint density at radius 1 is 1.00 bits per heavy atom. The minimum absolute atomic E-state index is 0.0155. The number of ether oxygens (including phenoxy) is 1. The van der Waals surface area contributed by atoms with Gasteiger partial charge in [-0.2, -0.15) is 0 Å². The maximum Gasteiger partial charge on any atom is 0.226 e. The van der Waals surface area contributed by atoms with Crippen molar-refractivity contribution in [2.24, 2.45) is 23.2 Å². The Bertz CT molecular complexity index is 787. The average Bonchev–Trinajstić information content (AvgIpc) is 2.73. The third-order valence-electron chi connectivity index (χ3n) is 9.53. The molecule has 0 radical (unpaired) electrons. The molecule has 4 aliphatic carbocycles. The van der Waals surface area contributed by atoms with Crippen molar-refractivity contribution in [2.45, 2.75) is 95.3 Å². The van der Waals surface area contributed by atoms with Gasteiger partial charge in [0.15, 0.2) is 0 Å². The smallest absolute Gasteiger partial charge is 0.226 e. The lowest BCUT2D eigenvalue weighted by Crippen LogP contribution is -2.60. The number of rotatable bonds is 5. The van der Waals surface area contributed by atoms with Crippen LogP contribution in [0.4, 0.5) is 0 Å². The molecule has 1 N–H and O–H groups in total. The lowest BCUT2D eigenvalue weighted by Gasteiger charge is -2.56. The number of hydrogen-bond donors (Lipinski definition) is 1. The lowest BCUT2D eigenvalue weighted by atomic mass is 9.49. The van der Waals surface area contributed by atoms with Gasteiger partial charge in [-0.15, -0.1) is 0 Å². The van der Waals surface area contributed by atoms with E-state index in [1.54, 1.807) is 7.11 Å². The SMILES string of the molecule is COc1ccccc1CN1[C@H]2CCC[C@H]1CC(NC(=O)C13CC4CC(CC(C4)C1)C3)C2. The number of carbonyl (C=O) groups is 1. The number of methoxy groups -OCH3 is 1. The summed E-state index contributed by atoms with van der Waals surface area (Å²) in [7, 11) is 1.77. The van der Waals surface area contributed by atoms with E-state index in [4.69, 9.17) is 4.74 Å². The number of piperidine rings is 2. The van der Waals surface area contributed by atoms with Crippen LogP contribution in [0.2, 0.25) is 0 Å². The van der Waals surface area contributed by atoms with Crippen molar-refractivity contribution in [3.8, 4) is 5.75 Å². The zero-order valence-corrected chi connectivity index (χ0v) is 19.0. The molecule has 6 bridgehead atoms. The Hall–Kier alpha value is -1.55. The predicted molar refractivity (Wildman–Crippen MR) is 122 cm³/mol. The van der Waals surface area contributed by atoms with E-state index in [9.17, 15) is 4.79 Å². The highest BCUT2D eigenvalue weighted by Gasteiger charge is 2.55. The van der Waals surface area contributed by atoms with Gasteiger partial charge in [0.05, 0.1) is 7.11 Å². The first kappa shape index (κ1) is 20.1. The third kappa shape index (κ3) is 3.59. The second-order valence-electron chi connectivity index (χ2n) is 11.6. The molecule has 2 atom stereocenters. The van der Waals surface area contributed by atoms with Crippen molar-refractivity contribution >= 4 is 5.91 Å². The summed E-state index contributed by atoms with van der Waals surface area (Å²) in [4.78, 5) is 16.3. The molecule has 0 spiro atoms. The molecule has 1 aromatic carbocycles. The summed E-state index contributed by atoms with van der Waals surface area (Å²) in [5.41, 5.74) is 1.27. The minimum Gasteiger partial charge on any atom is -0.496 e. The highest BCUT2D eigenvalue weighted by molar-refractivity contribution is 5.83. The molecule has 6 fully saturated rings. The predicted octanol–water partition coefficient (Wildman–Crippen LogP) is 4.91. The van der Waals surface area contributed by atoms with Gasteiger partial charge < -0.3 is 10.1 Å². The summed E-state index contributed by atoms with van der Waals surface area (Å²) >= 11 is 0. The number of fused-ring (bicyclic) bond motifs is 2. The Morgan fingerprint density at radius 3 is 2.23 bits per heavy atom. The van der Waals surface area contributed by atoms with Gasteiger partial charge in [0.1, 0.15) is 5.75 Å². The molecule has 2 heterocycles. The van der Waals surface area contributed by atoms with Crippen LogP contribution < -0.4 is 10.1 Å². The van der Waals surface area contributed by atoms with Crippen LogP contribution in [0.15, 0.2) is 24.3 Å². The first-order valence-electron chi connectivity index (χ1n) is 12.8. The van der Waals surface area contributed by atoms with Gasteiger partial charge in [0.25, 0.3) is 0 Å². The fourth-order valence-corrected chi connectivity index (χ4v) is 8.61. The van der Waals surface area contributed by atoms with Crippen molar-refractivity contribution in [1.29, 1.82) is 0 Å². The first-order chi connectivity index (χ1) is 15.1. The zero-order valence-electron chi connectivity index (χ0n) is 19.0. The molecular weight excluding hydrogens is 384 g/mol. The molecule has 4 nitrogen and oxygen atoms in total. The first-order valence-corrected chi connectivity index (χ1v) is 12.8. The van der Waals surface area contributed by atoms with Crippen molar-refractivity contribution in [3.63, 3.8) is 0 Å². The van der Waals surface area contributed by atoms with Crippen LogP contribution in [0.5, 0.6) is 5.75 Å². The monoisotopic (exact) mass is 422 g/mol. The van der Waals surface area contributed by atoms with Crippen LogP contribution in [0.25, 0.3) is 0 Å². The number of amides is 1. The van der Waals surface area contributed by atoms with E-state index >= 15 is 0 Å². The Balaban J connectivity index is 1.14. The molecule has 0 unspecified atom stereocenters. The van der Waals surface area contributed by atoms with Crippen molar-refractivity contribution in [2.75, 3.05) is 7.11 Å². The van der Waals surface area contributed by atoms with E-state index < -0.39 is 0 Å². The fourth-order valence-electron chi connectivity index (χ4n) is 8.61. The third-order valence-corrected chi connectivity index (χ3v) is 9.53. The number of benzene rings is 1. The Labute approximate surface area is 187 Å². The van der Waals surface area contributed by atoms with E-state index in [2.05, 4.69) is 34.5 Å². The van der Waals surface area contributed by atoms with Crippen LogP contribution in [0.1, 0.15) is 76.2 Å². The second kappa shape index (κ2) is 7.79. The molecular formula is C27H38N2O2. The zero-order chi connectivity index (χ0) is 21.0. The van der Waals surface area contributed by atoms with Crippen LogP contribution >= 0.6 is 0 Å². The van der Waals surface area contributed by atoms with Crippen LogP contribution in [-0.2, 0) is 11.3 Å². The van der Waals surface area contributed by atoms with Crippen molar-refractivity contribution < 1.29 is 9.53 Å². The molecule has 31 heavy (non-hydrogen) atoms. The van der Waals surface area contributed by atoms with E-state index in [1.165, 1.54) is 63.4 Å². The average molecular weight is 423 g/mol. The van der Waals surface area contributed by atoms with Crippen molar-refractivity contribution in [1.82, 2.24) is 10.2 Å². The van der Waals surface area contributed by atoms with E-state index in [0.29, 0.717) is 24.0 Å². The van der Waals surface area contributed by atoms with Gasteiger partial charge in [-0.25, -0.2) is 0 Å². The molecule has 6 aliphatic rings. The Kier molecular flexibility index (Phi) is 5.05. The molecule has 0 aromatic heterocycles. The lowest BCUT2D eigenvalue weighted by molar-refractivity contribution is -0.147. The van der Waals surface area contributed by atoms with Gasteiger partial charge in [0.2, 0.25) is 5.91 Å². The maximum absolute atomic E-state index is 13.6. The van der Waals surface area contributed by atoms with Crippen molar-refractivity contribution in [3.05, 3.63) is 29.8 Å². The molecule has 4 saturated carbocycles. The fraction of sp³-hybridized carbons (Fsp3) is 0.741. The molecule has 2 aliphatic heterocycles. The van der Waals surface area contributed by atoms with Gasteiger partial charge in [-0.05, 0) is 88.0 Å². The number of nitrogens with zero attached hydrogens (tertiary/aromatic N) is 1.